The maximum absolute atomic E-state index is 2.35. The van der Waals surface area contributed by atoms with E-state index in [1.165, 1.54) is 27.6 Å². The molecule has 2 aromatic carbocycles. The molecule has 1 aliphatic carbocycles. The van der Waals surface area contributed by atoms with Crippen LogP contribution in [0.1, 0.15) is 22.3 Å². The standard InChI is InChI=1S/C22H19N2P/c1-2-9-19-17-21-20(16-18(19)8-1)10-7-11-22(21)25(23-12-3-4-13-23)24-14-5-6-15-24/h1-15H,16-17H2. The Morgan fingerprint density at radius 2 is 1.12 bits per heavy atom. The summed E-state index contributed by atoms with van der Waals surface area (Å²) in [7, 11) is -0.643. The highest BCUT2D eigenvalue weighted by atomic mass is 31.1. The smallest absolute Gasteiger partial charge is 0.136 e. The summed E-state index contributed by atoms with van der Waals surface area (Å²) in [5.74, 6) is 0. The molecule has 2 aromatic heterocycles. The van der Waals surface area contributed by atoms with Crippen LogP contribution in [0.5, 0.6) is 0 Å². The first-order valence-corrected chi connectivity index (χ1v) is 9.89. The molecule has 2 heterocycles. The van der Waals surface area contributed by atoms with Gasteiger partial charge in [-0.3, -0.25) is 0 Å². The van der Waals surface area contributed by atoms with Crippen LogP contribution < -0.4 is 5.30 Å². The Morgan fingerprint density at radius 3 is 1.76 bits per heavy atom. The van der Waals surface area contributed by atoms with Crippen molar-refractivity contribution in [2.75, 3.05) is 0 Å². The Balaban J connectivity index is 1.67. The van der Waals surface area contributed by atoms with Gasteiger partial charge < -0.3 is 8.68 Å². The average Bonchev–Trinajstić information content (AvgIpc) is 3.35. The van der Waals surface area contributed by atoms with Crippen LogP contribution in [0.3, 0.4) is 0 Å². The summed E-state index contributed by atoms with van der Waals surface area (Å²) < 4.78 is 4.71. The van der Waals surface area contributed by atoms with E-state index in [1.807, 2.05) is 0 Å². The van der Waals surface area contributed by atoms with Crippen LogP contribution in [0.25, 0.3) is 0 Å². The van der Waals surface area contributed by atoms with E-state index < -0.39 is 8.22 Å². The van der Waals surface area contributed by atoms with Crippen molar-refractivity contribution >= 4 is 13.5 Å². The molecular formula is C22H19N2P. The van der Waals surface area contributed by atoms with Crippen LogP contribution in [0, 0.1) is 0 Å². The van der Waals surface area contributed by atoms with Crippen molar-refractivity contribution in [1.82, 2.24) is 8.68 Å². The van der Waals surface area contributed by atoms with Crippen LogP contribution >= 0.6 is 8.22 Å². The number of hydrogen-bond donors (Lipinski definition) is 0. The number of rotatable bonds is 3. The van der Waals surface area contributed by atoms with Gasteiger partial charge in [0.15, 0.2) is 0 Å². The van der Waals surface area contributed by atoms with Gasteiger partial charge in [-0.15, -0.1) is 0 Å². The molecule has 25 heavy (non-hydrogen) atoms. The lowest BCUT2D eigenvalue weighted by molar-refractivity contribution is 1.01. The van der Waals surface area contributed by atoms with Gasteiger partial charge in [-0.05, 0) is 59.4 Å². The minimum Gasteiger partial charge on any atom is -0.312 e. The molecule has 3 heteroatoms. The summed E-state index contributed by atoms with van der Waals surface area (Å²) in [6.07, 6.45) is 10.8. The SMILES string of the molecule is c1ccc2c(c1)Cc1cccc(P(n3cccc3)n3cccc3)c1C2. The van der Waals surface area contributed by atoms with Gasteiger partial charge in [-0.1, -0.05) is 42.5 Å². The molecule has 0 N–H and O–H groups in total. The van der Waals surface area contributed by atoms with Gasteiger partial charge in [0.2, 0.25) is 0 Å². The first-order chi connectivity index (χ1) is 12.4. The second-order valence-electron chi connectivity index (χ2n) is 6.45. The second kappa shape index (κ2) is 6.06. The third kappa shape index (κ3) is 2.54. The molecule has 122 valence electrons. The summed E-state index contributed by atoms with van der Waals surface area (Å²) in [5.41, 5.74) is 5.92. The van der Waals surface area contributed by atoms with E-state index in [0.717, 1.165) is 12.8 Å². The molecule has 0 spiro atoms. The molecule has 4 aromatic rings. The van der Waals surface area contributed by atoms with Crippen molar-refractivity contribution in [2.45, 2.75) is 12.8 Å². The first kappa shape index (κ1) is 14.7. The predicted molar refractivity (Wildman–Crippen MR) is 105 cm³/mol. The molecule has 0 amide bonds. The predicted octanol–water partition coefficient (Wildman–Crippen LogP) is 4.82. The largest absolute Gasteiger partial charge is 0.312 e. The Kier molecular flexibility index (Phi) is 3.57. The highest BCUT2D eigenvalue weighted by Gasteiger charge is 2.24. The summed E-state index contributed by atoms with van der Waals surface area (Å²) in [6.45, 7) is 0. The van der Waals surface area contributed by atoms with Crippen molar-refractivity contribution < 1.29 is 0 Å². The molecule has 1 aliphatic rings. The van der Waals surface area contributed by atoms with Crippen LogP contribution in [0.4, 0.5) is 0 Å². The van der Waals surface area contributed by atoms with Gasteiger partial charge in [-0.2, -0.15) is 0 Å². The molecule has 0 radical (unpaired) electrons. The van der Waals surface area contributed by atoms with Crippen LogP contribution in [0.15, 0.2) is 91.5 Å². The average molecular weight is 342 g/mol. The third-order valence-corrected chi connectivity index (χ3v) is 7.20. The van der Waals surface area contributed by atoms with Gasteiger partial charge in [0, 0.05) is 30.1 Å². The van der Waals surface area contributed by atoms with Gasteiger partial charge in [0.05, 0.1) is 0 Å². The van der Waals surface area contributed by atoms with Crippen molar-refractivity contribution in [2.24, 2.45) is 0 Å². The molecule has 0 aliphatic heterocycles. The zero-order valence-electron chi connectivity index (χ0n) is 13.9. The summed E-state index contributed by atoms with van der Waals surface area (Å²) in [5, 5.41) is 1.45. The van der Waals surface area contributed by atoms with Crippen molar-refractivity contribution in [3.8, 4) is 0 Å². The third-order valence-electron chi connectivity index (χ3n) is 4.95. The first-order valence-electron chi connectivity index (χ1n) is 8.64. The molecule has 0 saturated heterocycles. The van der Waals surface area contributed by atoms with Crippen LogP contribution in [0.2, 0.25) is 0 Å². The minimum absolute atomic E-state index is 0.643. The zero-order valence-corrected chi connectivity index (χ0v) is 14.8. The van der Waals surface area contributed by atoms with E-state index in [1.54, 1.807) is 0 Å². The normalized spacial score (nSPS) is 12.8. The van der Waals surface area contributed by atoms with E-state index in [9.17, 15) is 0 Å². The summed E-state index contributed by atoms with van der Waals surface area (Å²) in [6, 6.07) is 24.2. The Hall–Kier alpha value is -2.57. The van der Waals surface area contributed by atoms with E-state index in [-0.39, 0.29) is 0 Å². The molecule has 2 nitrogen and oxygen atoms in total. The van der Waals surface area contributed by atoms with Crippen molar-refractivity contribution in [3.63, 3.8) is 0 Å². The van der Waals surface area contributed by atoms with Crippen LogP contribution in [-0.2, 0) is 12.8 Å². The number of hydrogen-bond acceptors (Lipinski definition) is 0. The molecule has 0 saturated carbocycles. The van der Waals surface area contributed by atoms with Crippen LogP contribution in [-0.4, -0.2) is 8.68 Å². The number of aromatic nitrogens is 2. The quantitative estimate of drug-likeness (QED) is 0.416. The fourth-order valence-corrected chi connectivity index (χ4v) is 5.98. The fraction of sp³-hybridized carbons (Fsp3) is 0.0909. The number of benzene rings is 2. The number of nitrogens with zero attached hydrogens (tertiary/aromatic N) is 2. The summed E-state index contributed by atoms with van der Waals surface area (Å²) in [4.78, 5) is 0. The van der Waals surface area contributed by atoms with Crippen molar-refractivity contribution in [3.05, 3.63) is 114 Å². The zero-order chi connectivity index (χ0) is 16.6. The molecule has 0 atom stereocenters. The van der Waals surface area contributed by atoms with E-state index in [2.05, 4.69) is 100 Å². The Labute approximate surface area is 149 Å². The topological polar surface area (TPSA) is 9.86 Å². The molecule has 5 rings (SSSR count). The maximum atomic E-state index is 2.35. The fourth-order valence-electron chi connectivity index (χ4n) is 3.75. The highest BCUT2D eigenvalue weighted by molar-refractivity contribution is 7.62. The van der Waals surface area contributed by atoms with Gasteiger partial charge in [-0.25, -0.2) is 0 Å². The lowest BCUT2D eigenvalue weighted by Gasteiger charge is -2.27. The lowest BCUT2D eigenvalue weighted by atomic mass is 9.86. The van der Waals surface area contributed by atoms with Gasteiger partial charge >= 0.3 is 0 Å². The Bertz CT molecular complexity index is 966. The second-order valence-corrected chi connectivity index (χ2v) is 8.44. The molecule has 0 bridgehead atoms. The minimum atomic E-state index is -0.643. The van der Waals surface area contributed by atoms with E-state index >= 15 is 0 Å². The Morgan fingerprint density at radius 1 is 0.560 bits per heavy atom. The number of fused-ring (bicyclic) bond motifs is 2. The lowest BCUT2D eigenvalue weighted by Crippen LogP contribution is -2.21. The monoisotopic (exact) mass is 342 g/mol. The highest BCUT2D eigenvalue weighted by Crippen LogP contribution is 2.41. The molecule has 0 fully saturated rings. The molecular weight excluding hydrogens is 323 g/mol. The van der Waals surface area contributed by atoms with Gasteiger partial charge in [0.1, 0.15) is 8.22 Å². The molecule has 0 unspecified atom stereocenters. The summed E-state index contributed by atoms with van der Waals surface area (Å²) >= 11 is 0. The van der Waals surface area contributed by atoms with Crippen molar-refractivity contribution in [1.29, 1.82) is 0 Å². The van der Waals surface area contributed by atoms with Gasteiger partial charge in [0.25, 0.3) is 0 Å². The maximum Gasteiger partial charge on any atom is 0.136 e. The van der Waals surface area contributed by atoms with E-state index in [4.69, 9.17) is 0 Å². The van der Waals surface area contributed by atoms with E-state index in [0.29, 0.717) is 0 Å².